The fourth-order valence-electron chi connectivity index (χ4n) is 6.65. The van der Waals surface area contributed by atoms with Gasteiger partial charge in [0.2, 0.25) is 0 Å². The number of hydrogen-bond acceptors (Lipinski definition) is 4. The highest BCUT2D eigenvalue weighted by Gasteiger charge is 2.59. The van der Waals surface area contributed by atoms with Gasteiger partial charge in [-0.1, -0.05) is 49.3 Å². The van der Waals surface area contributed by atoms with E-state index in [1.807, 2.05) is 0 Å². The highest BCUT2D eigenvalue weighted by atomic mass is 33.1. The van der Waals surface area contributed by atoms with E-state index in [1.165, 1.54) is 25.7 Å². The van der Waals surface area contributed by atoms with Crippen LogP contribution in [0, 0.1) is 46.3 Å². The van der Waals surface area contributed by atoms with E-state index in [2.05, 4.69) is 49.3 Å². The Morgan fingerprint density at radius 1 is 0.708 bits per heavy atom. The zero-order valence-electron chi connectivity index (χ0n) is 15.6. The summed E-state index contributed by atoms with van der Waals surface area (Å²) in [6.45, 7) is 10.3. The summed E-state index contributed by atoms with van der Waals surface area (Å²) in [5.74, 6) is 4.10. The molecule has 0 aliphatic heterocycles. The second-order valence-electron chi connectivity index (χ2n) is 10.2. The molecule has 6 fully saturated rings. The van der Waals surface area contributed by atoms with Crippen LogP contribution in [-0.4, -0.2) is 33.9 Å². The summed E-state index contributed by atoms with van der Waals surface area (Å²) in [4.78, 5) is 0. The first-order valence-electron chi connectivity index (χ1n) is 9.84. The smallest absolute Gasteiger partial charge is 0.0473 e. The van der Waals surface area contributed by atoms with Crippen LogP contribution in [0.1, 0.15) is 53.4 Å². The summed E-state index contributed by atoms with van der Waals surface area (Å²) in [6.07, 6.45) is 5.23. The normalized spacial score (nSPS) is 50.8. The van der Waals surface area contributed by atoms with Gasteiger partial charge in [-0.2, -0.15) is 0 Å². The maximum absolute atomic E-state index is 9.98. The minimum absolute atomic E-state index is 0.353. The first-order valence-corrected chi connectivity index (χ1v) is 12.1. The van der Waals surface area contributed by atoms with Crippen molar-refractivity contribution in [2.24, 2.45) is 46.3 Å². The second-order valence-corrected chi connectivity index (χ2v) is 12.9. The molecule has 4 bridgehead atoms. The van der Waals surface area contributed by atoms with Gasteiger partial charge in [0, 0.05) is 23.7 Å². The summed E-state index contributed by atoms with van der Waals surface area (Å²) in [7, 11) is 4.12. The summed E-state index contributed by atoms with van der Waals surface area (Å²) >= 11 is 0. The number of rotatable bonds is 5. The van der Waals surface area contributed by atoms with Crippen LogP contribution in [-0.2, 0) is 0 Å². The summed E-state index contributed by atoms with van der Waals surface area (Å²) < 4.78 is 0. The van der Waals surface area contributed by atoms with E-state index in [0.29, 0.717) is 58.2 Å². The SMILES string of the molecule is CC1(C)[C@H]2C[C@H](SS[C@H]3C[C@H]4C[C@@H]([C@@H]3CO)C4(C)C)[C@@H](CO)[C@@H]1C2. The van der Waals surface area contributed by atoms with Crippen LogP contribution in [0.5, 0.6) is 0 Å². The van der Waals surface area contributed by atoms with E-state index in [0.717, 1.165) is 11.8 Å². The predicted octanol–water partition coefficient (Wildman–Crippen LogP) is 4.45. The van der Waals surface area contributed by atoms with Gasteiger partial charge < -0.3 is 10.2 Å². The molecule has 0 aromatic heterocycles. The number of aliphatic hydroxyl groups excluding tert-OH is 2. The van der Waals surface area contributed by atoms with E-state index in [1.54, 1.807) is 0 Å². The standard InChI is InChI=1S/C20H34O2S2/c1-19(2)11-5-15(19)13(9-21)17(7-11)23-24-18-8-12-6-16(14(18)10-22)20(12,3)4/h11-18,21-22H,5-10H2,1-4H3/t11-,12-,13+,14+,15+,16+,17+,18+/m1/s1. The lowest BCUT2D eigenvalue weighted by molar-refractivity contribution is -0.113. The average molecular weight is 371 g/mol. The van der Waals surface area contributed by atoms with Crippen molar-refractivity contribution in [2.45, 2.75) is 63.9 Å². The zero-order valence-corrected chi connectivity index (χ0v) is 17.2. The third-order valence-corrected chi connectivity index (χ3v) is 12.3. The topological polar surface area (TPSA) is 40.5 Å². The Bertz CT molecular complexity index is 448. The maximum atomic E-state index is 9.98. The molecule has 0 amide bonds. The summed E-state index contributed by atoms with van der Waals surface area (Å²) in [6, 6.07) is 0. The largest absolute Gasteiger partial charge is 0.396 e. The maximum Gasteiger partial charge on any atom is 0.0473 e. The molecule has 0 saturated heterocycles. The monoisotopic (exact) mass is 370 g/mol. The predicted molar refractivity (Wildman–Crippen MR) is 104 cm³/mol. The molecule has 6 aliphatic carbocycles. The molecular weight excluding hydrogens is 336 g/mol. The van der Waals surface area contributed by atoms with E-state index >= 15 is 0 Å². The van der Waals surface area contributed by atoms with Crippen molar-refractivity contribution in [1.29, 1.82) is 0 Å². The molecule has 6 rings (SSSR count). The van der Waals surface area contributed by atoms with Crippen LogP contribution in [0.2, 0.25) is 0 Å². The van der Waals surface area contributed by atoms with E-state index < -0.39 is 0 Å². The Balaban J connectivity index is 1.37. The van der Waals surface area contributed by atoms with Crippen molar-refractivity contribution in [1.82, 2.24) is 0 Å². The van der Waals surface area contributed by atoms with Crippen molar-refractivity contribution < 1.29 is 10.2 Å². The summed E-state index contributed by atoms with van der Waals surface area (Å²) in [5, 5.41) is 21.2. The van der Waals surface area contributed by atoms with E-state index in [-0.39, 0.29) is 0 Å². The molecule has 0 aromatic carbocycles. The molecule has 2 N–H and O–H groups in total. The Kier molecular flexibility index (Phi) is 4.55. The average Bonchev–Trinajstić information content (AvgIpc) is 2.58. The molecule has 2 nitrogen and oxygen atoms in total. The van der Waals surface area contributed by atoms with E-state index in [9.17, 15) is 10.2 Å². The first-order chi connectivity index (χ1) is 11.3. The van der Waals surface area contributed by atoms with Crippen molar-refractivity contribution in [3.05, 3.63) is 0 Å². The molecule has 24 heavy (non-hydrogen) atoms. The van der Waals surface area contributed by atoms with Gasteiger partial charge in [0.1, 0.15) is 0 Å². The lowest BCUT2D eigenvalue weighted by Gasteiger charge is -2.63. The van der Waals surface area contributed by atoms with Gasteiger partial charge in [0.15, 0.2) is 0 Å². The number of fused-ring (bicyclic) bond motifs is 4. The minimum atomic E-state index is 0.353. The molecule has 0 radical (unpaired) electrons. The van der Waals surface area contributed by atoms with Crippen LogP contribution >= 0.6 is 21.6 Å². The van der Waals surface area contributed by atoms with Crippen LogP contribution < -0.4 is 0 Å². The molecule has 4 heteroatoms. The Hall–Kier alpha value is 0.620. The van der Waals surface area contributed by atoms with Gasteiger partial charge in [-0.25, -0.2) is 0 Å². The first kappa shape index (κ1) is 18.0. The van der Waals surface area contributed by atoms with Crippen LogP contribution in [0.15, 0.2) is 0 Å². The molecule has 138 valence electrons. The van der Waals surface area contributed by atoms with Crippen molar-refractivity contribution in [2.75, 3.05) is 13.2 Å². The summed E-state index contributed by atoms with van der Waals surface area (Å²) in [5.41, 5.74) is 0.887. The van der Waals surface area contributed by atoms with Crippen molar-refractivity contribution in [3.8, 4) is 0 Å². The number of hydrogen-bond donors (Lipinski definition) is 2. The third-order valence-electron chi connectivity index (χ3n) is 8.84. The highest BCUT2D eigenvalue weighted by molar-refractivity contribution is 8.77. The van der Waals surface area contributed by atoms with Crippen LogP contribution in [0.3, 0.4) is 0 Å². The van der Waals surface area contributed by atoms with Crippen molar-refractivity contribution in [3.63, 3.8) is 0 Å². The van der Waals surface area contributed by atoms with Gasteiger partial charge >= 0.3 is 0 Å². The second kappa shape index (κ2) is 6.07. The number of aliphatic hydroxyl groups is 2. The van der Waals surface area contributed by atoms with Gasteiger partial charge in [0.25, 0.3) is 0 Å². The van der Waals surface area contributed by atoms with Crippen LogP contribution in [0.25, 0.3) is 0 Å². The lowest BCUT2D eigenvalue weighted by atomic mass is 9.45. The van der Waals surface area contributed by atoms with E-state index in [4.69, 9.17) is 0 Å². The van der Waals surface area contributed by atoms with Gasteiger partial charge in [-0.15, -0.1) is 0 Å². The molecule has 0 spiro atoms. The van der Waals surface area contributed by atoms with Gasteiger partial charge in [-0.05, 0) is 72.0 Å². The minimum Gasteiger partial charge on any atom is -0.396 e. The Morgan fingerprint density at radius 2 is 1.08 bits per heavy atom. The molecule has 0 heterocycles. The molecule has 0 unspecified atom stereocenters. The Morgan fingerprint density at radius 3 is 1.38 bits per heavy atom. The molecule has 0 aromatic rings. The van der Waals surface area contributed by atoms with Crippen molar-refractivity contribution >= 4 is 21.6 Å². The molecule has 8 atom stereocenters. The molecule has 6 saturated carbocycles. The fraction of sp³-hybridized carbons (Fsp3) is 1.00. The molecular formula is C20H34O2S2. The van der Waals surface area contributed by atoms with Gasteiger partial charge in [0.05, 0.1) is 0 Å². The van der Waals surface area contributed by atoms with Crippen LogP contribution in [0.4, 0.5) is 0 Å². The van der Waals surface area contributed by atoms with Gasteiger partial charge in [-0.3, -0.25) is 0 Å². The zero-order chi connectivity index (χ0) is 17.3. The fourth-order valence-corrected chi connectivity index (χ4v) is 10.6. The third kappa shape index (κ3) is 2.46. The molecule has 6 aliphatic rings. The Labute approximate surface area is 155 Å². The highest BCUT2D eigenvalue weighted by Crippen LogP contribution is 2.67. The quantitative estimate of drug-likeness (QED) is 0.701. The lowest BCUT2D eigenvalue weighted by Crippen LogP contribution is -2.58.